The molecule has 0 bridgehead atoms. The van der Waals surface area contributed by atoms with Crippen molar-refractivity contribution in [1.29, 1.82) is 0 Å². The molecule has 106 valence electrons. The molecule has 1 N–H and O–H groups in total. The van der Waals surface area contributed by atoms with Gasteiger partial charge in [-0.3, -0.25) is 0 Å². The summed E-state index contributed by atoms with van der Waals surface area (Å²) in [5.74, 6) is 0.231. The summed E-state index contributed by atoms with van der Waals surface area (Å²) in [4.78, 5) is 0. The van der Waals surface area contributed by atoms with Gasteiger partial charge in [0.1, 0.15) is 5.75 Å². The van der Waals surface area contributed by atoms with E-state index in [0.29, 0.717) is 6.61 Å². The minimum atomic E-state index is -2.80. The number of rotatable bonds is 5. The summed E-state index contributed by atoms with van der Waals surface area (Å²) in [5, 5.41) is 3.40. The van der Waals surface area contributed by atoms with Crippen molar-refractivity contribution < 1.29 is 18.3 Å². The average molecular weight is 271 g/mol. The van der Waals surface area contributed by atoms with E-state index in [1.807, 2.05) is 13.0 Å². The van der Waals surface area contributed by atoms with Gasteiger partial charge in [0.15, 0.2) is 0 Å². The molecule has 1 fully saturated rings. The molecule has 0 aromatic heterocycles. The van der Waals surface area contributed by atoms with Crippen LogP contribution in [-0.4, -0.2) is 25.9 Å². The first-order valence-electron chi connectivity index (χ1n) is 6.54. The third-order valence-electron chi connectivity index (χ3n) is 3.25. The van der Waals surface area contributed by atoms with Crippen LogP contribution in [0, 0.1) is 0 Å². The normalized spacial score (nSPS) is 21.4. The molecule has 2 unspecified atom stereocenters. The van der Waals surface area contributed by atoms with Crippen LogP contribution in [0.4, 0.5) is 8.78 Å². The van der Waals surface area contributed by atoms with E-state index in [1.165, 1.54) is 0 Å². The Morgan fingerprint density at radius 1 is 1.37 bits per heavy atom. The van der Waals surface area contributed by atoms with Crippen LogP contribution in [0.3, 0.4) is 0 Å². The zero-order chi connectivity index (χ0) is 13.7. The summed E-state index contributed by atoms with van der Waals surface area (Å²) in [6.45, 7) is 0.619. The standard InChI is InChI=1S/C14H19F2NO2/c1-10(17-11-5-4-8-18-9-11)12-6-2-3-7-13(12)19-14(15)16/h2-3,6-7,10-11,14,17H,4-5,8-9H2,1H3. The molecule has 0 saturated carbocycles. The van der Waals surface area contributed by atoms with Crippen molar-refractivity contribution in [3.8, 4) is 5.75 Å². The van der Waals surface area contributed by atoms with Gasteiger partial charge in [-0.1, -0.05) is 18.2 Å². The lowest BCUT2D eigenvalue weighted by atomic mass is 10.0. The fourth-order valence-corrected chi connectivity index (χ4v) is 2.36. The van der Waals surface area contributed by atoms with Gasteiger partial charge in [0.25, 0.3) is 0 Å². The van der Waals surface area contributed by atoms with Crippen LogP contribution in [0.2, 0.25) is 0 Å². The number of halogens is 2. The van der Waals surface area contributed by atoms with E-state index in [1.54, 1.807) is 18.2 Å². The number of hydrogen-bond donors (Lipinski definition) is 1. The molecule has 0 radical (unpaired) electrons. The van der Waals surface area contributed by atoms with Crippen molar-refractivity contribution in [2.24, 2.45) is 0 Å². The van der Waals surface area contributed by atoms with E-state index < -0.39 is 6.61 Å². The average Bonchev–Trinajstić information content (AvgIpc) is 2.39. The van der Waals surface area contributed by atoms with E-state index in [-0.39, 0.29) is 17.8 Å². The Morgan fingerprint density at radius 2 is 2.16 bits per heavy atom. The Balaban J connectivity index is 2.02. The number of nitrogens with one attached hydrogen (secondary N) is 1. The quantitative estimate of drug-likeness (QED) is 0.892. The predicted molar refractivity (Wildman–Crippen MR) is 68.5 cm³/mol. The number of hydrogen-bond acceptors (Lipinski definition) is 3. The van der Waals surface area contributed by atoms with Crippen LogP contribution in [0.15, 0.2) is 24.3 Å². The first-order chi connectivity index (χ1) is 9.16. The second kappa shape index (κ2) is 6.82. The highest BCUT2D eigenvalue weighted by Gasteiger charge is 2.19. The third kappa shape index (κ3) is 4.14. The molecular formula is C14H19F2NO2. The summed E-state index contributed by atoms with van der Waals surface area (Å²) in [5.41, 5.74) is 0.744. The molecular weight excluding hydrogens is 252 g/mol. The number of para-hydroxylation sites is 1. The van der Waals surface area contributed by atoms with Crippen LogP contribution in [0.1, 0.15) is 31.4 Å². The van der Waals surface area contributed by atoms with Crippen LogP contribution >= 0.6 is 0 Å². The Kier molecular flexibility index (Phi) is 5.10. The number of benzene rings is 1. The predicted octanol–water partition coefficient (Wildman–Crippen LogP) is 3.12. The lowest BCUT2D eigenvalue weighted by Crippen LogP contribution is -2.38. The fraction of sp³-hybridized carbons (Fsp3) is 0.571. The summed E-state index contributed by atoms with van der Waals surface area (Å²) >= 11 is 0. The summed E-state index contributed by atoms with van der Waals surface area (Å²) in [6, 6.07) is 7.10. The van der Waals surface area contributed by atoms with Crippen molar-refractivity contribution in [3.05, 3.63) is 29.8 Å². The first-order valence-corrected chi connectivity index (χ1v) is 6.54. The van der Waals surface area contributed by atoms with Crippen molar-refractivity contribution in [2.75, 3.05) is 13.2 Å². The highest BCUT2D eigenvalue weighted by atomic mass is 19.3. The third-order valence-corrected chi connectivity index (χ3v) is 3.25. The smallest absolute Gasteiger partial charge is 0.387 e. The summed E-state index contributed by atoms with van der Waals surface area (Å²) in [7, 11) is 0. The van der Waals surface area contributed by atoms with Gasteiger partial charge >= 0.3 is 6.61 Å². The van der Waals surface area contributed by atoms with Crippen molar-refractivity contribution in [2.45, 2.75) is 38.5 Å². The monoisotopic (exact) mass is 271 g/mol. The van der Waals surface area contributed by atoms with Crippen molar-refractivity contribution in [1.82, 2.24) is 5.32 Å². The van der Waals surface area contributed by atoms with E-state index in [9.17, 15) is 8.78 Å². The van der Waals surface area contributed by atoms with Gasteiger partial charge in [-0.05, 0) is 25.8 Å². The molecule has 1 heterocycles. The molecule has 5 heteroatoms. The van der Waals surface area contributed by atoms with Gasteiger partial charge in [0.05, 0.1) is 6.61 Å². The second-order valence-corrected chi connectivity index (χ2v) is 4.72. The molecule has 2 rings (SSSR count). The van der Waals surface area contributed by atoms with E-state index in [4.69, 9.17) is 4.74 Å². The van der Waals surface area contributed by atoms with Crippen LogP contribution < -0.4 is 10.1 Å². The number of alkyl halides is 2. The van der Waals surface area contributed by atoms with Crippen LogP contribution in [0.25, 0.3) is 0 Å². The fourth-order valence-electron chi connectivity index (χ4n) is 2.36. The van der Waals surface area contributed by atoms with Crippen LogP contribution in [-0.2, 0) is 4.74 Å². The molecule has 1 aromatic carbocycles. The molecule has 1 aliphatic rings. The molecule has 1 aromatic rings. The summed E-state index contributed by atoms with van der Waals surface area (Å²) in [6.07, 6.45) is 2.07. The lowest BCUT2D eigenvalue weighted by Gasteiger charge is -2.27. The second-order valence-electron chi connectivity index (χ2n) is 4.72. The Hall–Kier alpha value is -1.20. The molecule has 2 atom stereocenters. The Labute approximate surface area is 111 Å². The Morgan fingerprint density at radius 3 is 2.84 bits per heavy atom. The van der Waals surface area contributed by atoms with Gasteiger partial charge in [0, 0.05) is 24.3 Å². The maximum Gasteiger partial charge on any atom is 0.387 e. The maximum atomic E-state index is 12.4. The van der Waals surface area contributed by atoms with Crippen molar-refractivity contribution >= 4 is 0 Å². The SMILES string of the molecule is CC(NC1CCCOC1)c1ccccc1OC(F)F. The zero-order valence-electron chi connectivity index (χ0n) is 10.9. The van der Waals surface area contributed by atoms with Crippen LogP contribution in [0.5, 0.6) is 5.75 Å². The number of ether oxygens (including phenoxy) is 2. The highest BCUT2D eigenvalue weighted by Crippen LogP contribution is 2.27. The largest absolute Gasteiger partial charge is 0.434 e. The minimum absolute atomic E-state index is 0.0540. The van der Waals surface area contributed by atoms with Gasteiger partial charge in [-0.2, -0.15) is 8.78 Å². The maximum absolute atomic E-state index is 12.4. The molecule has 19 heavy (non-hydrogen) atoms. The molecule has 0 spiro atoms. The molecule has 3 nitrogen and oxygen atoms in total. The minimum Gasteiger partial charge on any atom is -0.434 e. The van der Waals surface area contributed by atoms with Gasteiger partial charge in [0.2, 0.25) is 0 Å². The molecule has 1 saturated heterocycles. The van der Waals surface area contributed by atoms with Gasteiger partial charge in [-0.25, -0.2) is 0 Å². The van der Waals surface area contributed by atoms with Crippen molar-refractivity contribution in [3.63, 3.8) is 0 Å². The topological polar surface area (TPSA) is 30.5 Å². The highest BCUT2D eigenvalue weighted by molar-refractivity contribution is 5.35. The Bertz CT molecular complexity index is 395. The molecule has 1 aliphatic heterocycles. The van der Waals surface area contributed by atoms with E-state index in [0.717, 1.165) is 25.0 Å². The summed E-state index contributed by atoms with van der Waals surface area (Å²) < 4.78 is 34.7. The first kappa shape index (κ1) is 14.2. The van der Waals surface area contributed by atoms with Gasteiger partial charge in [-0.15, -0.1) is 0 Å². The van der Waals surface area contributed by atoms with E-state index >= 15 is 0 Å². The van der Waals surface area contributed by atoms with Gasteiger partial charge < -0.3 is 14.8 Å². The molecule has 0 aliphatic carbocycles. The molecule has 0 amide bonds. The zero-order valence-corrected chi connectivity index (χ0v) is 10.9. The van der Waals surface area contributed by atoms with E-state index in [2.05, 4.69) is 10.1 Å². The lowest BCUT2D eigenvalue weighted by molar-refractivity contribution is -0.0507.